The molecule has 1 fully saturated rings. The van der Waals surface area contributed by atoms with Crippen molar-refractivity contribution in [3.05, 3.63) is 64.4 Å². The number of nitrogens with one attached hydrogen (secondary N) is 1. The van der Waals surface area contributed by atoms with E-state index < -0.39 is 21.7 Å². The highest BCUT2D eigenvalue weighted by atomic mass is 35.5. The normalized spacial score (nSPS) is 14.6. The van der Waals surface area contributed by atoms with Crippen LogP contribution in [0, 0.1) is 5.82 Å². The second-order valence-electron chi connectivity index (χ2n) is 6.74. The molecular formula is C20H21ClFN3O4S. The first-order valence-corrected chi connectivity index (χ1v) is 11.2. The van der Waals surface area contributed by atoms with E-state index in [-0.39, 0.29) is 49.1 Å². The van der Waals surface area contributed by atoms with Crippen LogP contribution in [0.1, 0.15) is 27.6 Å². The van der Waals surface area contributed by atoms with E-state index in [0.29, 0.717) is 10.6 Å². The van der Waals surface area contributed by atoms with Gasteiger partial charge in [-0.2, -0.15) is 0 Å². The molecule has 0 bridgehead atoms. The van der Waals surface area contributed by atoms with E-state index in [1.807, 2.05) is 0 Å². The molecule has 7 nitrogen and oxygen atoms in total. The molecule has 1 N–H and O–H groups in total. The maximum atomic E-state index is 14.3. The molecule has 0 radical (unpaired) electrons. The van der Waals surface area contributed by atoms with Gasteiger partial charge in [0.05, 0.1) is 10.5 Å². The molecule has 0 aliphatic carbocycles. The second-order valence-corrected chi connectivity index (χ2v) is 8.94. The largest absolute Gasteiger partial charge is 0.335 e. The maximum absolute atomic E-state index is 14.3. The molecule has 0 aromatic heterocycles. The van der Waals surface area contributed by atoms with Crippen LogP contribution in [-0.2, 0) is 10.0 Å². The summed E-state index contributed by atoms with van der Waals surface area (Å²) in [4.78, 5) is 28.2. The Bertz CT molecular complexity index is 1070. The molecule has 0 spiro atoms. The third-order valence-electron chi connectivity index (χ3n) is 4.74. The van der Waals surface area contributed by atoms with Crippen LogP contribution in [0.4, 0.5) is 4.39 Å². The van der Waals surface area contributed by atoms with Crippen LogP contribution in [0.2, 0.25) is 5.02 Å². The van der Waals surface area contributed by atoms with Gasteiger partial charge in [-0.25, -0.2) is 17.5 Å². The van der Waals surface area contributed by atoms with E-state index in [1.54, 1.807) is 36.1 Å². The van der Waals surface area contributed by atoms with E-state index in [0.717, 1.165) is 18.2 Å². The Morgan fingerprint density at radius 2 is 1.67 bits per heavy atom. The van der Waals surface area contributed by atoms with Gasteiger partial charge in [0.25, 0.3) is 11.8 Å². The summed E-state index contributed by atoms with van der Waals surface area (Å²) in [7, 11) is -3.82. The van der Waals surface area contributed by atoms with Crippen molar-refractivity contribution in [2.24, 2.45) is 0 Å². The second kappa shape index (κ2) is 9.11. The number of amides is 2. The Balaban J connectivity index is 1.72. The van der Waals surface area contributed by atoms with Crippen LogP contribution in [0.5, 0.6) is 0 Å². The van der Waals surface area contributed by atoms with Gasteiger partial charge in [-0.3, -0.25) is 9.59 Å². The standard InChI is InChI=1S/C20H21ClFN3O4S/c1-2-23-30(28,29)16-6-7-18(22)17(13-16)20(27)25-10-8-24(9-11-25)19(26)14-4-3-5-15(21)12-14/h3-7,12-13,23H,2,8-11H2,1H3. The minimum atomic E-state index is -3.82. The quantitative estimate of drug-likeness (QED) is 0.753. The Labute approximate surface area is 179 Å². The Hall–Kier alpha value is -2.49. The van der Waals surface area contributed by atoms with Crippen molar-refractivity contribution in [2.75, 3.05) is 32.7 Å². The van der Waals surface area contributed by atoms with E-state index in [9.17, 15) is 22.4 Å². The van der Waals surface area contributed by atoms with Gasteiger partial charge in [-0.05, 0) is 36.4 Å². The van der Waals surface area contributed by atoms with Gasteiger partial charge in [0.15, 0.2) is 0 Å². The molecule has 0 unspecified atom stereocenters. The van der Waals surface area contributed by atoms with Crippen LogP contribution < -0.4 is 4.72 Å². The van der Waals surface area contributed by atoms with Crippen molar-refractivity contribution in [1.29, 1.82) is 0 Å². The Morgan fingerprint density at radius 3 is 2.27 bits per heavy atom. The molecular weight excluding hydrogens is 433 g/mol. The number of carbonyl (C=O) groups excluding carboxylic acids is 2. The first kappa shape index (κ1) is 22.2. The van der Waals surface area contributed by atoms with Crippen molar-refractivity contribution < 1.29 is 22.4 Å². The monoisotopic (exact) mass is 453 g/mol. The highest BCUT2D eigenvalue weighted by molar-refractivity contribution is 7.89. The summed E-state index contributed by atoms with van der Waals surface area (Å²) in [6.45, 7) is 2.74. The third-order valence-corrected chi connectivity index (χ3v) is 6.52. The zero-order valence-electron chi connectivity index (χ0n) is 16.3. The molecule has 10 heteroatoms. The third kappa shape index (κ3) is 4.80. The Kier molecular flexibility index (Phi) is 6.74. The summed E-state index contributed by atoms with van der Waals surface area (Å²) >= 11 is 5.93. The predicted octanol–water partition coefficient (Wildman–Crippen LogP) is 2.38. The van der Waals surface area contributed by atoms with Crippen molar-refractivity contribution >= 4 is 33.4 Å². The number of hydrogen-bond donors (Lipinski definition) is 1. The fraction of sp³-hybridized carbons (Fsp3) is 0.300. The number of piperazine rings is 1. The minimum Gasteiger partial charge on any atom is -0.335 e. The number of nitrogens with zero attached hydrogens (tertiary/aromatic N) is 2. The van der Waals surface area contributed by atoms with Gasteiger partial charge < -0.3 is 9.80 Å². The van der Waals surface area contributed by atoms with Crippen molar-refractivity contribution in [1.82, 2.24) is 14.5 Å². The van der Waals surface area contributed by atoms with Crippen LogP contribution in [0.3, 0.4) is 0 Å². The lowest BCUT2D eigenvalue weighted by atomic mass is 10.1. The molecule has 1 aliphatic rings. The lowest BCUT2D eigenvalue weighted by Gasteiger charge is -2.35. The minimum absolute atomic E-state index is 0.172. The number of halogens is 2. The van der Waals surface area contributed by atoms with E-state index in [4.69, 9.17) is 11.6 Å². The number of sulfonamides is 1. The first-order valence-electron chi connectivity index (χ1n) is 9.36. The van der Waals surface area contributed by atoms with E-state index in [1.165, 1.54) is 4.90 Å². The molecule has 2 aromatic carbocycles. The average molecular weight is 454 g/mol. The van der Waals surface area contributed by atoms with Crippen LogP contribution >= 0.6 is 11.6 Å². The zero-order valence-corrected chi connectivity index (χ0v) is 17.8. The number of rotatable bonds is 5. The smallest absolute Gasteiger partial charge is 0.256 e. The van der Waals surface area contributed by atoms with Crippen molar-refractivity contribution in [3.63, 3.8) is 0 Å². The van der Waals surface area contributed by atoms with Gasteiger partial charge in [0.2, 0.25) is 10.0 Å². The summed E-state index contributed by atoms with van der Waals surface area (Å²) in [6.07, 6.45) is 0. The summed E-state index contributed by atoms with van der Waals surface area (Å²) < 4.78 is 40.9. The molecule has 30 heavy (non-hydrogen) atoms. The lowest BCUT2D eigenvalue weighted by molar-refractivity contribution is 0.0532. The maximum Gasteiger partial charge on any atom is 0.256 e. The lowest BCUT2D eigenvalue weighted by Crippen LogP contribution is -2.50. The van der Waals surface area contributed by atoms with E-state index in [2.05, 4.69) is 4.72 Å². The summed E-state index contributed by atoms with van der Waals surface area (Å²) in [6, 6.07) is 9.73. The van der Waals surface area contributed by atoms with Crippen molar-refractivity contribution in [2.45, 2.75) is 11.8 Å². The molecule has 160 valence electrons. The molecule has 2 amide bonds. The topological polar surface area (TPSA) is 86.8 Å². The molecule has 1 aliphatic heterocycles. The van der Waals surface area contributed by atoms with Gasteiger partial charge in [0, 0.05) is 43.3 Å². The fourth-order valence-corrected chi connectivity index (χ4v) is 4.45. The van der Waals surface area contributed by atoms with Gasteiger partial charge in [0.1, 0.15) is 5.82 Å². The molecule has 3 rings (SSSR count). The number of carbonyl (C=O) groups is 2. The fourth-order valence-electron chi connectivity index (χ4n) is 3.20. The highest BCUT2D eigenvalue weighted by Crippen LogP contribution is 2.19. The summed E-state index contributed by atoms with van der Waals surface area (Å²) in [5.74, 6) is -1.61. The molecule has 2 aromatic rings. The van der Waals surface area contributed by atoms with Crippen molar-refractivity contribution in [3.8, 4) is 0 Å². The van der Waals surface area contributed by atoms with Gasteiger partial charge >= 0.3 is 0 Å². The van der Waals surface area contributed by atoms with Crippen LogP contribution in [0.15, 0.2) is 47.4 Å². The predicted molar refractivity (Wildman–Crippen MR) is 111 cm³/mol. The Morgan fingerprint density at radius 1 is 1.03 bits per heavy atom. The van der Waals surface area contributed by atoms with Gasteiger partial charge in [-0.15, -0.1) is 0 Å². The van der Waals surface area contributed by atoms with Crippen LogP contribution in [-0.4, -0.2) is 62.8 Å². The molecule has 0 atom stereocenters. The van der Waals surface area contributed by atoms with E-state index >= 15 is 0 Å². The van der Waals surface area contributed by atoms with Crippen LogP contribution in [0.25, 0.3) is 0 Å². The zero-order chi connectivity index (χ0) is 21.9. The highest BCUT2D eigenvalue weighted by Gasteiger charge is 2.28. The average Bonchev–Trinajstić information content (AvgIpc) is 2.73. The first-order chi connectivity index (χ1) is 14.2. The molecule has 1 saturated heterocycles. The van der Waals surface area contributed by atoms with Gasteiger partial charge in [-0.1, -0.05) is 24.6 Å². The molecule has 0 saturated carbocycles. The molecule has 1 heterocycles. The number of hydrogen-bond acceptors (Lipinski definition) is 4. The summed E-state index contributed by atoms with van der Waals surface area (Å²) in [5, 5.41) is 0.456. The number of benzene rings is 2. The SMILES string of the molecule is CCNS(=O)(=O)c1ccc(F)c(C(=O)N2CCN(C(=O)c3cccc(Cl)c3)CC2)c1. The summed E-state index contributed by atoms with van der Waals surface area (Å²) in [5.41, 5.74) is 0.137.